The van der Waals surface area contributed by atoms with Gasteiger partial charge in [-0.25, -0.2) is 0 Å². The maximum atomic E-state index is 6.05. The van der Waals surface area contributed by atoms with E-state index in [0.717, 1.165) is 45.0 Å². The van der Waals surface area contributed by atoms with Gasteiger partial charge in [-0.05, 0) is 44.9 Å². The summed E-state index contributed by atoms with van der Waals surface area (Å²) in [5.41, 5.74) is 5.88. The fourth-order valence-electron chi connectivity index (χ4n) is 2.61. The van der Waals surface area contributed by atoms with Gasteiger partial charge in [-0.1, -0.05) is 13.3 Å². The van der Waals surface area contributed by atoms with Crippen molar-refractivity contribution in [3.05, 3.63) is 0 Å². The number of nitrogens with two attached hydrogens (primary N) is 1. The Hall–Kier alpha value is -0.120. The largest absolute Gasteiger partial charge is 0.382 e. The summed E-state index contributed by atoms with van der Waals surface area (Å²) >= 11 is 0. The molecule has 0 aromatic carbocycles. The second-order valence-electron chi connectivity index (χ2n) is 5.14. The van der Waals surface area contributed by atoms with E-state index in [2.05, 4.69) is 6.92 Å². The van der Waals surface area contributed by atoms with Crippen molar-refractivity contribution >= 4 is 0 Å². The molecular weight excluding hydrogens is 214 g/mol. The lowest BCUT2D eigenvalue weighted by molar-refractivity contribution is -0.0763. The molecule has 1 saturated carbocycles. The Morgan fingerprint density at radius 2 is 1.88 bits per heavy atom. The first-order valence-electron chi connectivity index (χ1n) is 7.18. The van der Waals surface area contributed by atoms with Crippen LogP contribution in [-0.2, 0) is 9.47 Å². The van der Waals surface area contributed by atoms with E-state index < -0.39 is 0 Å². The van der Waals surface area contributed by atoms with Crippen LogP contribution in [0.3, 0.4) is 0 Å². The second kappa shape index (κ2) is 8.06. The third-order valence-corrected chi connectivity index (χ3v) is 4.01. The molecule has 0 saturated heterocycles. The van der Waals surface area contributed by atoms with Crippen LogP contribution in [0.2, 0.25) is 0 Å². The average molecular weight is 243 g/mol. The van der Waals surface area contributed by atoms with Gasteiger partial charge < -0.3 is 15.2 Å². The van der Waals surface area contributed by atoms with Gasteiger partial charge in [0.05, 0.1) is 5.60 Å². The summed E-state index contributed by atoms with van der Waals surface area (Å²) in [6.07, 6.45) is 7.10. The van der Waals surface area contributed by atoms with Gasteiger partial charge in [0.1, 0.15) is 0 Å². The smallest absolute Gasteiger partial charge is 0.0804 e. The maximum absolute atomic E-state index is 6.05. The highest BCUT2D eigenvalue weighted by Crippen LogP contribution is 2.35. The van der Waals surface area contributed by atoms with Gasteiger partial charge in [-0.15, -0.1) is 0 Å². The Morgan fingerprint density at radius 3 is 2.41 bits per heavy atom. The lowest BCUT2D eigenvalue weighted by Crippen LogP contribution is -2.44. The molecule has 0 aliphatic heterocycles. The van der Waals surface area contributed by atoms with Gasteiger partial charge in [0.15, 0.2) is 0 Å². The van der Waals surface area contributed by atoms with Crippen molar-refractivity contribution in [2.45, 2.75) is 58.0 Å². The Labute approximate surface area is 106 Å². The molecule has 0 radical (unpaired) electrons. The average Bonchev–Trinajstić information content (AvgIpc) is 2.39. The van der Waals surface area contributed by atoms with Crippen molar-refractivity contribution < 1.29 is 9.47 Å². The van der Waals surface area contributed by atoms with Gasteiger partial charge in [-0.3, -0.25) is 0 Å². The summed E-state index contributed by atoms with van der Waals surface area (Å²) in [7, 11) is 0. The molecule has 1 rings (SSSR count). The van der Waals surface area contributed by atoms with E-state index in [1.54, 1.807) is 0 Å². The van der Waals surface area contributed by atoms with Crippen LogP contribution in [0.25, 0.3) is 0 Å². The van der Waals surface area contributed by atoms with Gasteiger partial charge in [0, 0.05) is 26.4 Å². The molecule has 17 heavy (non-hydrogen) atoms. The van der Waals surface area contributed by atoms with E-state index in [4.69, 9.17) is 15.2 Å². The standard InChI is InChI=1S/C14H29NO2/c1-3-13-6-8-14(12-15,9-7-13)17-11-5-10-16-4-2/h13H,3-12,15H2,1-2H3. The highest BCUT2D eigenvalue weighted by Gasteiger charge is 2.34. The molecular formula is C14H29NO2. The number of rotatable bonds is 8. The van der Waals surface area contributed by atoms with E-state index in [9.17, 15) is 0 Å². The van der Waals surface area contributed by atoms with Crippen LogP contribution in [0.1, 0.15) is 52.4 Å². The van der Waals surface area contributed by atoms with Crippen LogP contribution in [-0.4, -0.2) is 32.0 Å². The minimum Gasteiger partial charge on any atom is -0.382 e. The van der Waals surface area contributed by atoms with Gasteiger partial charge in [0.25, 0.3) is 0 Å². The van der Waals surface area contributed by atoms with Crippen molar-refractivity contribution in [1.82, 2.24) is 0 Å². The summed E-state index contributed by atoms with van der Waals surface area (Å²) < 4.78 is 11.4. The van der Waals surface area contributed by atoms with Crippen molar-refractivity contribution in [2.24, 2.45) is 11.7 Å². The zero-order chi connectivity index (χ0) is 12.6. The number of hydrogen-bond acceptors (Lipinski definition) is 3. The summed E-state index contributed by atoms with van der Waals surface area (Å²) in [5, 5.41) is 0. The Kier molecular flexibility index (Phi) is 7.09. The second-order valence-corrected chi connectivity index (χ2v) is 5.14. The molecule has 0 amide bonds. The fourth-order valence-corrected chi connectivity index (χ4v) is 2.61. The first-order valence-corrected chi connectivity index (χ1v) is 7.18. The summed E-state index contributed by atoms with van der Waals surface area (Å²) in [5.74, 6) is 0.890. The van der Waals surface area contributed by atoms with Gasteiger partial charge in [0.2, 0.25) is 0 Å². The lowest BCUT2D eigenvalue weighted by Gasteiger charge is -2.39. The quantitative estimate of drug-likeness (QED) is 0.667. The molecule has 1 fully saturated rings. The minimum absolute atomic E-state index is 0.0299. The van der Waals surface area contributed by atoms with Crippen LogP contribution < -0.4 is 5.73 Å². The molecule has 3 heteroatoms. The summed E-state index contributed by atoms with van der Waals surface area (Å²) in [6, 6.07) is 0. The monoisotopic (exact) mass is 243 g/mol. The predicted octanol–water partition coefficient (Wildman–Crippen LogP) is 2.73. The highest BCUT2D eigenvalue weighted by molar-refractivity contribution is 4.88. The predicted molar refractivity (Wildman–Crippen MR) is 71.1 cm³/mol. The first kappa shape index (κ1) is 14.9. The molecule has 0 bridgehead atoms. The summed E-state index contributed by atoms with van der Waals surface area (Å²) in [4.78, 5) is 0. The minimum atomic E-state index is -0.0299. The molecule has 0 atom stereocenters. The topological polar surface area (TPSA) is 44.5 Å². The SMILES string of the molecule is CCOCCCOC1(CN)CCC(CC)CC1. The molecule has 3 nitrogen and oxygen atoms in total. The molecule has 1 aliphatic rings. The van der Waals surface area contributed by atoms with Crippen molar-refractivity contribution in [3.63, 3.8) is 0 Å². The van der Waals surface area contributed by atoms with E-state index >= 15 is 0 Å². The first-order chi connectivity index (χ1) is 8.26. The normalized spacial score (nSPS) is 29.5. The van der Waals surface area contributed by atoms with Crippen LogP contribution in [0.4, 0.5) is 0 Å². The van der Waals surface area contributed by atoms with Crippen molar-refractivity contribution in [2.75, 3.05) is 26.4 Å². The number of ether oxygens (including phenoxy) is 2. The Balaban J connectivity index is 2.22. The van der Waals surface area contributed by atoms with Crippen molar-refractivity contribution in [1.29, 1.82) is 0 Å². The van der Waals surface area contributed by atoms with Crippen LogP contribution in [0, 0.1) is 5.92 Å². The molecule has 0 aromatic rings. The fraction of sp³-hybridized carbons (Fsp3) is 1.00. The van der Waals surface area contributed by atoms with Crippen LogP contribution >= 0.6 is 0 Å². The molecule has 0 spiro atoms. The van der Waals surface area contributed by atoms with Gasteiger partial charge >= 0.3 is 0 Å². The molecule has 102 valence electrons. The highest BCUT2D eigenvalue weighted by atomic mass is 16.5. The molecule has 0 aromatic heterocycles. The number of hydrogen-bond donors (Lipinski definition) is 1. The van der Waals surface area contributed by atoms with Crippen molar-refractivity contribution in [3.8, 4) is 0 Å². The van der Waals surface area contributed by atoms with E-state index in [1.165, 1.54) is 19.3 Å². The zero-order valence-corrected chi connectivity index (χ0v) is 11.5. The Morgan fingerprint density at radius 1 is 1.18 bits per heavy atom. The summed E-state index contributed by atoms with van der Waals surface area (Å²) in [6.45, 7) is 7.35. The molecule has 1 aliphatic carbocycles. The Bertz CT molecular complexity index is 189. The van der Waals surface area contributed by atoms with E-state index in [-0.39, 0.29) is 5.60 Å². The van der Waals surface area contributed by atoms with Crippen LogP contribution in [0.5, 0.6) is 0 Å². The van der Waals surface area contributed by atoms with Crippen LogP contribution in [0.15, 0.2) is 0 Å². The third kappa shape index (κ3) is 4.94. The third-order valence-electron chi connectivity index (χ3n) is 4.01. The van der Waals surface area contributed by atoms with Gasteiger partial charge in [-0.2, -0.15) is 0 Å². The molecule has 0 heterocycles. The molecule has 0 unspecified atom stereocenters. The zero-order valence-electron chi connectivity index (χ0n) is 11.5. The lowest BCUT2D eigenvalue weighted by atomic mass is 9.77. The molecule has 2 N–H and O–H groups in total. The maximum Gasteiger partial charge on any atom is 0.0804 e. The van der Waals surface area contributed by atoms with E-state index in [0.29, 0.717) is 6.54 Å². The van der Waals surface area contributed by atoms with E-state index in [1.807, 2.05) is 6.92 Å².